The summed E-state index contributed by atoms with van der Waals surface area (Å²) in [5.41, 5.74) is 6.60. The molecular formula is C28H32ClN3O2. The molecule has 0 saturated carbocycles. The first kappa shape index (κ1) is 24.4. The first-order chi connectivity index (χ1) is 16.2. The fourth-order valence-electron chi connectivity index (χ4n) is 4.46. The van der Waals surface area contributed by atoms with Crippen LogP contribution in [0.4, 0.5) is 0 Å². The van der Waals surface area contributed by atoms with Gasteiger partial charge in [0.2, 0.25) is 0 Å². The van der Waals surface area contributed by atoms with Crippen LogP contribution in [0.3, 0.4) is 0 Å². The van der Waals surface area contributed by atoms with Crippen molar-refractivity contribution in [2.75, 3.05) is 20.2 Å². The summed E-state index contributed by atoms with van der Waals surface area (Å²) in [6, 6.07) is 9.69. The zero-order chi connectivity index (χ0) is 24.5. The van der Waals surface area contributed by atoms with Gasteiger partial charge in [0.15, 0.2) is 0 Å². The lowest BCUT2D eigenvalue weighted by Crippen LogP contribution is -2.42. The highest BCUT2D eigenvalue weighted by atomic mass is 35.5. The van der Waals surface area contributed by atoms with E-state index in [1.54, 1.807) is 13.2 Å². The first-order valence-electron chi connectivity index (χ1n) is 11.7. The van der Waals surface area contributed by atoms with Gasteiger partial charge in [0.1, 0.15) is 0 Å². The maximum Gasteiger partial charge on any atom is 0.253 e. The zero-order valence-corrected chi connectivity index (χ0v) is 21.3. The summed E-state index contributed by atoms with van der Waals surface area (Å²) in [7, 11) is 1.70. The Morgan fingerprint density at radius 3 is 2.59 bits per heavy atom. The van der Waals surface area contributed by atoms with E-state index < -0.39 is 0 Å². The lowest BCUT2D eigenvalue weighted by Gasteiger charge is -2.32. The van der Waals surface area contributed by atoms with Gasteiger partial charge in [-0.3, -0.25) is 14.8 Å². The Morgan fingerprint density at radius 1 is 1.12 bits per heavy atom. The van der Waals surface area contributed by atoms with Crippen LogP contribution in [0.5, 0.6) is 0 Å². The van der Waals surface area contributed by atoms with E-state index in [-0.39, 0.29) is 17.4 Å². The Balaban J connectivity index is 1.65. The van der Waals surface area contributed by atoms with Crippen molar-refractivity contribution in [3.8, 4) is 22.3 Å². The number of carbonyl (C=O) groups is 1. The largest absolute Gasteiger partial charge is 0.380 e. The summed E-state index contributed by atoms with van der Waals surface area (Å²) in [5, 5.41) is 0.540. The summed E-state index contributed by atoms with van der Waals surface area (Å²) >= 11 is 6.73. The number of carbonyl (C=O) groups excluding carboxylic acids is 1. The van der Waals surface area contributed by atoms with Crippen LogP contribution in [0.15, 0.2) is 48.9 Å². The third-order valence-electron chi connectivity index (χ3n) is 6.56. The molecule has 1 aliphatic heterocycles. The van der Waals surface area contributed by atoms with Crippen LogP contribution in [0.1, 0.15) is 55.2 Å². The molecular weight excluding hydrogens is 446 g/mol. The van der Waals surface area contributed by atoms with Crippen molar-refractivity contribution >= 4 is 17.5 Å². The molecule has 1 amide bonds. The Morgan fingerprint density at radius 2 is 1.88 bits per heavy atom. The Kier molecular flexibility index (Phi) is 7.06. The number of benzene rings is 1. The highest BCUT2D eigenvalue weighted by Gasteiger charge is 2.25. The van der Waals surface area contributed by atoms with Gasteiger partial charge < -0.3 is 9.64 Å². The summed E-state index contributed by atoms with van der Waals surface area (Å²) in [6.07, 6.45) is 7.59. The number of nitrogens with zero attached hydrogens (tertiary/aromatic N) is 3. The molecule has 0 radical (unpaired) electrons. The number of amides is 1. The second-order valence-electron chi connectivity index (χ2n) is 9.99. The minimum Gasteiger partial charge on any atom is -0.380 e. The number of aromatic nitrogens is 2. The van der Waals surface area contributed by atoms with E-state index in [2.05, 4.69) is 43.7 Å². The van der Waals surface area contributed by atoms with E-state index in [0.717, 1.165) is 52.9 Å². The van der Waals surface area contributed by atoms with Crippen molar-refractivity contribution < 1.29 is 9.53 Å². The number of hydrogen-bond donors (Lipinski definition) is 0. The van der Waals surface area contributed by atoms with Crippen LogP contribution in [0, 0.1) is 6.92 Å². The maximum atomic E-state index is 13.1. The molecule has 3 heterocycles. The van der Waals surface area contributed by atoms with Gasteiger partial charge in [0.05, 0.1) is 6.10 Å². The molecule has 1 fully saturated rings. The van der Waals surface area contributed by atoms with E-state index in [1.807, 2.05) is 41.7 Å². The highest BCUT2D eigenvalue weighted by molar-refractivity contribution is 6.33. The predicted molar refractivity (Wildman–Crippen MR) is 137 cm³/mol. The second kappa shape index (κ2) is 9.85. The van der Waals surface area contributed by atoms with Gasteiger partial charge in [-0.2, -0.15) is 0 Å². The topological polar surface area (TPSA) is 55.3 Å². The molecule has 1 saturated heterocycles. The third kappa shape index (κ3) is 5.01. The van der Waals surface area contributed by atoms with E-state index >= 15 is 0 Å². The van der Waals surface area contributed by atoms with E-state index in [4.69, 9.17) is 16.3 Å². The third-order valence-corrected chi connectivity index (χ3v) is 6.87. The predicted octanol–water partition coefficient (Wildman–Crippen LogP) is 6.32. The maximum absolute atomic E-state index is 13.1. The molecule has 0 N–H and O–H groups in total. The van der Waals surface area contributed by atoms with Gasteiger partial charge >= 0.3 is 0 Å². The lowest BCUT2D eigenvalue weighted by molar-refractivity contribution is 0.0269. The molecule has 3 aromatic rings. The fraction of sp³-hybridized carbons (Fsp3) is 0.393. The highest BCUT2D eigenvalue weighted by Crippen LogP contribution is 2.36. The van der Waals surface area contributed by atoms with Crippen LogP contribution in [0.25, 0.3) is 22.3 Å². The lowest BCUT2D eigenvalue weighted by atomic mass is 9.89. The monoisotopic (exact) mass is 477 g/mol. The number of ether oxygens (including phenoxy) is 1. The average Bonchev–Trinajstić information content (AvgIpc) is 2.83. The molecule has 0 aliphatic carbocycles. The minimum absolute atomic E-state index is 0.00899. The summed E-state index contributed by atoms with van der Waals surface area (Å²) in [4.78, 5) is 24.0. The number of hydrogen-bond acceptors (Lipinski definition) is 4. The van der Waals surface area contributed by atoms with E-state index in [1.165, 1.54) is 0 Å². The Hall–Kier alpha value is -2.76. The molecule has 0 spiro atoms. The normalized spacial score (nSPS) is 16.5. The van der Waals surface area contributed by atoms with E-state index in [0.29, 0.717) is 17.1 Å². The van der Waals surface area contributed by atoms with Crippen LogP contribution in [-0.4, -0.2) is 47.1 Å². The molecule has 178 valence electrons. The van der Waals surface area contributed by atoms with Crippen molar-refractivity contribution in [3.05, 3.63) is 70.8 Å². The van der Waals surface area contributed by atoms with Gasteiger partial charge in [0.25, 0.3) is 5.91 Å². The van der Waals surface area contributed by atoms with Gasteiger partial charge in [-0.25, -0.2) is 0 Å². The van der Waals surface area contributed by atoms with Crippen molar-refractivity contribution in [1.82, 2.24) is 14.9 Å². The minimum atomic E-state index is -0.0434. The first-order valence-corrected chi connectivity index (χ1v) is 12.1. The molecule has 6 heteroatoms. The summed E-state index contributed by atoms with van der Waals surface area (Å²) in [6.45, 7) is 9.90. The molecule has 2 aromatic heterocycles. The van der Waals surface area contributed by atoms with Crippen molar-refractivity contribution in [2.24, 2.45) is 0 Å². The molecule has 1 aromatic carbocycles. The average molecular weight is 478 g/mol. The van der Waals surface area contributed by atoms with Gasteiger partial charge in [-0.1, -0.05) is 38.4 Å². The smallest absolute Gasteiger partial charge is 0.253 e. The number of likely N-dealkylation sites (tertiary alicyclic amines) is 1. The van der Waals surface area contributed by atoms with Gasteiger partial charge in [-0.15, -0.1) is 0 Å². The molecule has 1 atom stereocenters. The van der Waals surface area contributed by atoms with Gasteiger partial charge in [-0.05, 0) is 55.2 Å². The summed E-state index contributed by atoms with van der Waals surface area (Å²) in [5.74, 6) is -0.00899. The standard InChI is InChI=1S/C28H32ClN3O2/c1-18-23(19-10-11-31-26(14-19)28(2,3)4)15-30-16-24(18)22-9-8-20(13-25(22)29)27(33)32-12-6-7-21(17-32)34-5/h8-11,13-16,21H,6-7,12,17H2,1-5H3. The van der Waals surface area contributed by atoms with Crippen molar-refractivity contribution in [3.63, 3.8) is 0 Å². The van der Waals surface area contributed by atoms with Gasteiger partial charge in [0, 0.05) is 77.2 Å². The van der Waals surface area contributed by atoms with Crippen molar-refractivity contribution in [1.29, 1.82) is 0 Å². The van der Waals surface area contributed by atoms with Crippen LogP contribution in [-0.2, 0) is 10.2 Å². The van der Waals surface area contributed by atoms with Crippen LogP contribution < -0.4 is 0 Å². The fourth-order valence-corrected chi connectivity index (χ4v) is 4.74. The Bertz CT molecular complexity index is 1200. The van der Waals surface area contributed by atoms with Crippen LogP contribution >= 0.6 is 11.6 Å². The molecule has 34 heavy (non-hydrogen) atoms. The summed E-state index contributed by atoms with van der Waals surface area (Å²) < 4.78 is 5.46. The molecule has 4 rings (SSSR count). The number of piperidine rings is 1. The number of rotatable bonds is 4. The SMILES string of the molecule is COC1CCCN(C(=O)c2ccc(-c3cncc(-c4ccnc(C(C)(C)C)c4)c3C)c(Cl)c2)C1. The number of methoxy groups -OCH3 is 1. The molecule has 1 unspecified atom stereocenters. The molecule has 0 bridgehead atoms. The molecule has 1 aliphatic rings. The number of halogens is 1. The Labute approximate surface area is 207 Å². The quantitative estimate of drug-likeness (QED) is 0.441. The molecule has 5 nitrogen and oxygen atoms in total. The zero-order valence-electron chi connectivity index (χ0n) is 20.6. The van der Waals surface area contributed by atoms with E-state index in [9.17, 15) is 4.79 Å². The van der Waals surface area contributed by atoms with Crippen LogP contribution in [0.2, 0.25) is 5.02 Å². The number of pyridine rings is 2. The second-order valence-corrected chi connectivity index (χ2v) is 10.4. The van der Waals surface area contributed by atoms with Crippen molar-refractivity contribution in [2.45, 2.75) is 52.1 Å².